The summed E-state index contributed by atoms with van der Waals surface area (Å²) in [6.07, 6.45) is 5.19. The Kier molecular flexibility index (Phi) is 2.71. The first kappa shape index (κ1) is 10.9. The van der Waals surface area contributed by atoms with Crippen LogP contribution in [-0.4, -0.2) is 12.8 Å². The standard InChI is InChI=1S/C14H15NOS/c1-15-11-7-2-3-8-13(11)17-14(15)9-12(16)10-5-4-6-10/h2-3,7-10H,4-6H2,1H3. The van der Waals surface area contributed by atoms with E-state index >= 15 is 0 Å². The first-order valence-electron chi connectivity index (χ1n) is 6.02. The summed E-state index contributed by atoms with van der Waals surface area (Å²) < 4.78 is 0. The third-order valence-corrected chi connectivity index (χ3v) is 4.71. The highest BCUT2D eigenvalue weighted by Crippen LogP contribution is 2.45. The van der Waals surface area contributed by atoms with Gasteiger partial charge in [-0.3, -0.25) is 4.79 Å². The second kappa shape index (κ2) is 4.22. The fraction of sp³-hybridized carbons (Fsp3) is 0.357. The van der Waals surface area contributed by atoms with Gasteiger partial charge in [0.25, 0.3) is 0 Å². The molecule has 0 N–H and O–H groups in total. The monoisotopic (exact) mass is 245 g/mol. The quantitative estimate of drug-likeness (QED) is 0.744. The Labute approximate surface area is 106 Å². The van der Waals surface area contributed by atoms with E-state index in [0.717, 1.165) is 17.9 Å². The maximum atomic E-state index is 12.0. The van der Waals surface area contributed by atoms with Crippen LogP contribution < -0.4 is 4.90 Å². The second-order valence-corrected chi connectivity index (χ2v) is 5.70. The molecule has 0 atom stereocenters. The van der Waals surface area contributed by atoms with Crippen LogP contribution >= 0.6 is 11.8 Å². The average Bonchev–Trinajstić information content (AvgIpc) is 2.54. The fourth-order valence-corrected chi connectivity index (χ4v) is 3.27. The molecule has 88 valence electrons. The van der Waals surface area contributed by atoms with E-state index in [9.17, 15) is 4.79 Å². The van der Waals surface area contributed by atoms with E-state index in [1.807, 2.05) is 25.3 Å². The minimum atomic E-state index is 0.292. The smallest absolute Gasteiger partial charge is 0.161 e. The van der Waals surface area contributed by atoms with Gasteiger partial charge < -0.3 is 4.90 Å². The highest BCUT2D eigenvalue weighted by atomic mass is 32.2. The van der Waals surface area contributed by atoms with E-state index < -0.39 is 0 Å². The van der Waals surface area contributed by atoms with Crippen molar-refractivity contribution < 1.29 is 4.79 Å². The summed E-state index contributed by atoms with van der Waals surface area (Å²) in [5.41, 5.74) is 1.20. The Bertz CT molecular complexity index is 491. The number of carbonyl (C=O) groups is 1. The van der Waals surface area contributed by atoms with Crippen molar-refractivity contribution in [2.75, 3.05) is 11.9 Å². The molecule has 2 nitrogen and oxygen atoms in total. The van der Waals surface area contributed by atoms with Crippen molar-refractivity contribution in [3.8, 4) is 0 Å². The average molecular weight is 245 g/mol. The largest absolute Gasteiger partial charge is 0.338 e. The Morgan fingerprint density at radius 2 is 2.18 bits per heavy atom. The molecule has 1 aromatic carbocycles. The number of carbonyl (C=O) groups excluding carboxylic acids is 1. The summed E-state index contributed by atoms with van der Waals surface area (Å²) in [6, 6.07) is 8.27. The number of fused-ring (bicyclic) bond motifs is 1. The van der Waals surface area contributed by atoms with Gasteiger partial charge in [0.15, 0.2) is 5.78 Å². The number of benzene rings is 1. The molecule has 17 heavy (non-hydrogen) atoms. The van der Waals surface area contributed by atoms with E-state index in [1.54, 1.807) is 11.8 Å². The lowest BCUT2D eigenvalue weighted by Gasteiger charge is -2.23. The maximum absolute atomic E-state index is 12.0. The summed E-state index contributed by atoms with van der Waals surface area (Å²) in [5.74, 6) is 0.596. The van der Waals surface area contributed by atoms with Crippen LogP contribution in [-0.2, 0) is 4.79 Å². The van der Waals surface area contributed by atoms with Crippen molar-refractivity contribution >= 4 is 23.2 Å². The molecule has 0 unspecified atom stereocenters. The lowest BCUT2D eigenvalue weighted by molar-refractivity contribution is -0.120. The van der Waals surface area contributed by atoms with Crippen molar-refractivity contribution in [1.29, 1.82) is 0 Å². The van der Waals surface area contributed by atoms with E-state index in [2.05, 4.69) is 17.0 Å². The Balaban J connectivity index is 1.83. The van der Waals surface area contributed by atoms with Gasteiger partial charge in [0.05, 0.1) is 10.7 Å². The molecule has 1 fully saturated rings. The van der Waals surface area contributed by atoms with E-state index in [1.165, 1.54) is 17.0 Å². The predicted octanol–water partition coefficient (Wildman–Crippen LogP) is 3.44. The zero-order valence-corrected chi connectivity index (χ0v) is 10.7. The number of thioether (sulfide) groups is 1. The topological polar surface area (TPSA) is 20.3 Å². The van der Waals surface area contributed by atoms with E-state index in [4.69, 9.17) is 0 Å². The summed E-state index contributed by atoms with van der Waals surface area (Å²) in [4.78, 5) is 15.3. The van der Waals surface area contributed by atoms with Gasteiger partial charge in [-0.2, -0.15) is 0 Å². The van der Waals surface area contributed by atoms with Crippen LogP contribution in [0.4, 0.5) is 5.69 Å². The molecule has 3 rings (SSSR count). The lowest BCUT2D eigenvalue weighted by atomic mass is 9.82. The zero-order valence-electron chi connectivity index (χ0n) is 9.85. The van der Waals surface area contributed by atoms with Crippen LogP contribution in [0.3, 0.4) is 0 Å². The second-order valence-electron chi connectivity index (χ2n) is 4.64. The molecule has 0 saturated heterocycles. The molecule has 0 radical (unpaired) electrons. The molecule has 0 spiro atoms. The van der Waals surface area contributed by atoms with Gasteiger partial charge in [0.1, 0.15) is 0 Å². The molecule has 1 heterocycles. The highest BCUT2D eigenvalue weighted by molar-refractivity contribution is 8.03. The van der Waals surface area contributed by atoms with Gasteiger partial charge in [0, 0.05) is 23.9 Å². The van der Waals surface area contributed by atoms with Crippen LogP contribution in [0.25, 0.3) is 0 Å². The van der Waals surface area contributed by atoms with Crippen molar-refractivity contribution in [3.63, 3.8) is 0 Å². The number of ketones is 1. The van der Waals surface area contributed by atoms with Crippen LogP contribution in [0.15, 0.2) is 40.3 Å². The molecular weight excluding hydrogens is 230 g/mol. The van der Waals surface area contributed by atoms with Crippen molar-refractivity contribution in [2.45, 2.75) is 24.2 Å². The minimum absolute atomic E-state index is 0.292. The maximum Gasteiger partial charge on any atom is 0.161 e. The third-order valence-electron chi connectivity index (χ3n) is 3.54. The molecular formula is C14H15NOS. The third kappa shape index (κ3) is 1.89. The van der Waals surface area contributed by atoms with Gasteiger partial charge in [-0.05, 0) is 25.0 Å². The minimum Gasteiger partial charge on any atom is -0.338 e. The molecule has 2 aliphatic rings. The van der Waals surface area contributed by atoms with Crippen molar-refractivity contribution in [2.24, 2.45) is 5.92 Å². The Morgan fingerprint density at radius 3 is 2.82 bits per heavy atom. The van der Waals surface area contributed by atoms with Crippen LogP contribution in [0, 0.1) is 5.92 Å². The number of hydrogen-bond acceptors (Lipinski definition) is 3. The number of nitrogens with zero attached hydrogens (tertiary/aromatic N) is 1. The molecule has 1 aliphatic heterocycles. The van der Waals surface area contributed by atoms with Gasteiger partial charge in [-0.15, -0.1) is 0 Å². The van der Waals surface area contributed by atoms with E-state index in [-0.39, 0.29) is 0 Å². The summed E-state index contributed by atoms with van der Waals surface area (Å²) in [5, 5.41) is 1.06. The Hall–Kier alpha value is -1.22. The zero-order chi connectivity index (χ0) is 11.8. The molecule has 0 aromatic heterocycles. The first-order chi connectivity index (χ1) is 8.25. The van der Waals surface area contributed by atoms with E-state index in [0.29, 0.717) is 11.7 Å². The molecule has 1 aliphatic carbocycles. The fourth-order valence-electron chi connectivity index (χ4n) is 2.18. The predicted molar refractivity (Wildman–Crippen MR) is 71.1 cm³/mol. The summed E-state index contributed by atoms with van der Waals surface area (Å²) in [6.45, 7) is 0. The first-order valence-corrected chi connectivity index (χ1v) is 6.83. The van der Waals surface area contributed by atoms with Gasteiger partial charge >= 0.3 is 0 Å². The molecule has 1 saturated carbocycles. The molecule has 3 heteroatoms. The highest BCUT2D eigenvalue weighted by Gasteiger charge is 2.27. The lowest BCUT2D eigenvalue weighted by Crippen LogP contribution is -2.21. The normalized spacial score (nSPS) is 21.5. The van der Waals surface area contributed by atoms with Crippen LogP contribution in [0.1, 0.15) is 19.3 Å². The number of para-hydroxylation sites is 1. The Morgan fingerprint density at radius 1 is 1.41 bits per heavy atom. The SMILES string of the molecule is CN1C(=CC(=O)C2CCC2)Sc2ccccc21. The van der Waals surface area contributed by atoms with Gasteiger partial charge in [0.2, 0.25) is 0 Å². The summed E-state index contributed by atoms with van der Waals surface area (Å²) >= 11 is 1.69. The molecule has 0 amide bonds. The van der Waals surface area contributed by atoms with Crippen molar-refractivity contribution in [1.82, 2.24) is 0 Å². The molecule has 0 bridgehead atoms. The summed E-state index contributed by atoms with van der Waals surface area (Å²) in [7, 11) is 2.03. The van der Waals surface area contributed by atoms with Crippen LogP contribution in [0.2, 0.25) is 0 Å². The number of hydrogen-bond donors (Lipinski definition) is 0. The number of allylic oxidation sites excluding steroid dienone is 1. The van der Waals surface area contributed by atoms with Gasteiger partial charge in [-0.25, -0.2) is 0 Å². The number of anilines is 1. The van der Waals surface area contributed by atoms with Crippen molar-refractivity contribution in [3.05, 3.63) is 35.4 Å². The molecule has 1 aromatic rings. The number of rotatable bonds is 2. The van der Waals surface area contributed by atoms with Gasteiger partial charge in [-0.1, -0.05) is 30.3 Å². The van der Waals surface area contributed by atoms with Crippen LogP contribution in [0.5, 0.6) is 0 Å².